The summed E-state index contributed by atoms with van der Waals surface area (Å²) < 4.78 is 11.4. The van der Waals surface area contributed by atoms with Gasteiger partial charge in [0.05, 0.1) is 11.6 Å². The number of piperazine rings is 1. The number of halogens is 3. The molecular weight excluding hydrogens is 591 g/mol. The fourth-order valence-corrected chi connectivity index (χ4v) is 6.19. The summed E-state index contributed by atoms with van der Waals surface area (Å²) in [6.45, 7) is 11.4. The maximum Gasteiger partial charge on any atom is 0.341 e. The van der Waals surface area contributed by atoms with Gasteiger partial charge in [0.15, 0.2) is 0 Å². The van der Waals surface area contributed by atoms with Gasteiger partial charge in [-0.25, -0.2) is 4.79 Å². The number of carbonyl (C=O) groups excluding carboxylic acids is 1. The summed E-state index contributed by atoms with van der Waals surface area (Å²) >= 11 is 18.7. The molecule has 0 radical (unpaired) electrons. The number of allylic oxidation sites excluding steroid dienone is 1. The molecule has 3 aromatic carbocycles. The van der Waals surface area contributed by atoms with Crippen molar-refractivity contribution in [2.45, 2.75) is 40.0 Å². The van der Waals surface area contributed by atoms with Crippen LogP contribution in [0.1, 0.15) is 56.0 Å². The Kier molecular flexibility index (Phi) is 9.74. The molecule has 42 heavy (non-hydrogen) atoms. The number of rotatable bonds is 8. The molecule has 0 N–H and O–H groups in total. The van der Waals surface area contributed by atoms with Crippen LogP contribution in [0.25, 0.3) is 5.57 Å². The lowest BCUT2D eigenvalue weighted by Gasteiger charge is -2.39. The van der Waals surface area contributed by atoms with Crippen LogP contribution in [-0.4, -0.2) is 50.2 Å². The zero-order valence-electron chi connectivity index (χ0n) is 24.4. The maximum absolute atomic E-state index is 12.7. The van der Waals surface area contributed by atoms with E-state index in [1.165, 1.54) is 23.1 Å². The smallest absolute Gasteiger partial charge is 0.341 e. The average Bonchev–Trinajstić information content (AvgIpc) is 2.97. The van der Waals surface area contributed by atoms with E-state index < -0.39 is 5.97 Å². The predicted octanol–water partition coefficient (Wildman–Crippen LogP) is 9.40. The lowest BCUT2D eigenvalue weighted by atomic mass is 9.72. The van der Waals surface area contributed by atoms with Crippen LogP contribution in [0, 0.1) is 5.41 Å². The highest BCUT2D eigenvalue weighted by atomic mass is 35.5. The highest BCUT2D eigenvalue weighted by Gasteiger charge is 2.29. The Morgan fingerprint density at radius 1 is 0.881 bits per heavy atom. The first kappa shape index (κ1) is 30.7. The molecule has 0 atom stereocenters. The maximum atomic E-state index is 12.7. The highest BCUT2D eigenvalue weighted by molar-refractivity contribution is 6.34. The zero-order chi connectivity index (χ0) is 29.9. The third-order valence-corrected chi connectivity index (χ3v) is 8.90. The van der Waals surface area contributed by atoms with Gasteiger partial charge in [-0.2, -0.15) is 0 Å². The Morgan fingerprint density at radius 2 is 1.60 bits per heavy atom. The largest absolute Gasteiger partial charge is 0.462 e. The van der Waals surface area contributed by atoms with Gasteiger partial charge in [-0.1, -0.05) is 66.4 Å². The van der Waals surface area contributed by atoms with Gasteiger partial charge in [0.2, 0.25) is 0 Å². The quantitative estimate of drug-likeness (QED) is 0.233. The van der Waals surface area contributed by atoms with Gasteiger partial charge in [-0.3, -0.25) is 4.90 Å². The van der Waals surface area contributed by atoms with Gasteiger partial charge in [0.1, 0.15) is 17.1 Å². The Bertz CT molecular complexity index is 1460. The molecule has 2 aliphatic rings. The van der Waals surface area contributed by atoms with Crippen LogP contribution in [0.3, 0.4) is 0 Å². The van der Waals surface area contributed by atoms with Gasteiger partial charge < -0.3 is 14.4 Å². The Balaban J connectivity index is 1.32. The number of benzene rings is 3. The monoisotopic (exact) mass is 626 g/mol. The summed E-state index contributed by atoms with van der Waals surface area (Å²) in [4.78, 5) is 17.6. The zero-order valence-corrected chi connectivity index (χ0v) is 26.7. The first-order valence-corrected chi connectivity index (χ1v) is 15.6. The molecule has 8 heteroatoms. The Morgan fingerprint density at radius 3 is 2.31 bits per heavy atom. The van der Waals surface area contributed by atoms with Crippen LogP contribution in [0.15, 0.2) is 66.2 Å². The molecule has 0 bridgehead atoms. The molecule has 0 unspecified atom stereocenters. The molecule has 0 spiro atoms. The first-order chi connectivity index (χ1) is 20.1. The molecule has 0 saturated carbocycles. The molecule has 222 valence electrons. The fourth-order valence-electron chi connectivity index (χ4n) is 5.74. The number of hydrogen-bond acceptors (Lipinski definition) is 5. The van der Waals surface area contributed by atoms with E-state index in [9.17, 15) is 4.79 Å². The van der Waals surface area contributed by atoms with E-state index in [-0.39, 0.29) is 6.61 Å². The topological polar surface area (TPSA) is 42.0 Å². The molecule has 0 aromatic heterocycles. The number of ether oxygens (including phenoxy) is 2. The molecular formula is C34H37Cl3N2O3. The first-order valence-electron chi connectivity index (χ1n) is 14.5. The molecule has 0 amide bonds. The SMILES string of the molecule is CCOC(=O)c1ccc(N2CCN(CC3=C(c4ccc(Cl)cc4)CC(C)(C)CC3)CC2)cc1Oc1cc(Cl)ccc1Cl. The Labute approximate surface area is 264 Å². The fraction of sp³-hybridized carbons (Fsp3) is 0.382. The van der Waals surface area contributed by atoms with Crippen molar-refractivity contribution in [2.24, 2.45) is 5.41 Å². The summed E-state index contributed by atoms with van der Waals surface area (Å²) in [5.41, 5.74) is 5.92. The number of anilines is 1. The van der Waals surface area contributed by atoms with Crippen molar-refractivity contribution in [3.8, 4) is 11.5 Å². The van der Waals surface area contributed by atoms with E-state index in [0.717, 1.165) is 56.3 Å². The molecule has 5 nitrogen and oxygen atoms in total. The lowest BCUT2D eigenvalue weighted by molar-refractivity contribution is 0.0523. The number of hydrogen-bond donors (Lipinski definition) is 0. The number of carbonyl (C=O) groups is 1. The van der Waals surface area contributed by atoms with Crippen LogP contribution in [0.5, 0.6) is 11.5 Å². The van der Waals surface area contributed by atoms with Gasteiger partial charge >= 0.3 is 5.97 Å². The van der Waals surface area contributed by atoms with Crippen LogP contribution in [-0.2, 0) is 4.74 Å². The van der Waals surface area contributed by atoms with Crippen LogP contribution in [0.4, 0.5) is 5.69 Å². The third kappa shape index (κ3) is 7.44. The van der Waals surface area contributed by atoms with E-state index in [1.807, 2.05) is 24.3 Å². The van der Waals surface area contributed by atoms with Crippen molar-refractivity contribution >= 4 is 52.0 Å². The van der Waals surface area contributed by atoms with Crippen molar-refractivity contribution in [3.05, 3.63) is 92.4 Å². The van der Waals surface area contributed by atoms with Crippen LogP contribution >= 0.6 is 34.8 Å². The van der Waals surface area contributed by atoms with E-state index in [4.69, 9.17) is 44.3 Å². The minimum Gasteiger partial charge on any atom is -0.462 e. The minimum absolute atomic E-state index is 0.271. The van der Waals surface area contributed by atoms with Crippen molar-refractivity contribution in [2.75, 3.05) is 44.2 Å². The molecule has 5 rings (SSSR count). The van der Waals surface area contributed by atoms with Crippen molar-refractivity contribution in [3.63, 3.8) is 0 Å². The summed E-state index contributed by atoms with van der Waals surface area (Å²) in [7, 11) is 0. The second kappa shape index (κ2) is 13.3. The van der Waals surface area contributed by atoms with Crippen molar-refractivity contribution in [1.82, 2.24) is 4.90 Å². The molecule has 1 aliphatic heterocycles. The number of esters is 1. The highest BCUT2D eigenvalue weighted by Crippen LogP contribution is 2.43. The predicted molar refractivity (Wildman–Crippen MR) is 174 cm³/mol. The lowest BCUT2D eigenvalue weighted by Crippen LogP contribution is -2.47. The van der Waals surface area contributed by atoms with Gasteiger partial charge in [0.25, 0.3) is 0 Å². The van der Waals surface area contributed by atoms with Gasteiger partial charge in [0, 0.05) is 60.6 Å². The third-order valence-electron chi connectivity index (χ3n) is 8.10. The normalized spacial score (nSPS) is 17.3. The molecule has 1 heterocycles. The summed E-state index contributed by atoms with van der Waals surface area (Å²) in [5, 5.41) is 1.67. The van der Waals surface area contributed by atoms with E-state index in [0.29, 0.717) is 32.5 Å². The molecule has 1 aliphatic carbocycles. The Hall–Kier alpha value is -2.70. The molecule has 3 aromatic rings. The summed E-state index contributed by atoms with van der Waals surface area (Å²) in [6.07, 6.45) is 3.40. The van der Waals surface area contributed by atoms with E-state index >= 15 is 0 Å². The molecule has 1 saturated heterocycles. The van der Waals surface area contributed by atoms with E-state index in [2.05, 4.69) is 35.8 Å². The second-order valence-electron chi connectivity index (χ2n) is 11.8. The minimum atomic E-state index is -0.442. The van der Waals surface area contributed by atoms with Crippen molar-refractivity contribution < 1.29 is 14.3 Å². The second-order valence-corrected chi connectivity index (χ2v) is 13.1. The number of nitrogens with zero attached hydrogens (tertiary/aromatic N) is 2. The summed E-state index contributed by atoms with van der Waals surface area (Å²) in [5.74, 6) is 0.333. The van der Waals surface area contributed by atoms with Crippen LogP contribution in [0.2, 0.25) is 15.1 Å². The van der Waals surface area contributed by atoms with E-state index in [1.54, 1.807) is 31.2 Å². The van der Waals surface area contributed by atoms with Crippen molar-refractivity contribution in [1.29, 1.82) is 0 Å². The molecule has 1 fully saturated rings. The van der Waals surface area contributed by atoms with Crippen LogP contribution < -0.4 is 9.64 Å². The standard InChI is InChI=1S/C34H37Cl3N2O3/c1-4-41-33(40)28-11-10-27(20-31(28)42-32-19-26(36)9-12-30(32)37)39-17-15-38(16-18-39)22-24-13-14-34(2,3)21-29(24)23-5-7-25(35)8-6-23/h5-12,19-20H,4,13-18,21-22H2,1-3H3. The van der Waals surface area contributed by atoms with Gasteiger partial charge in [-0.05, 0) is 79.1 Å². The summed E-state index contributed by atoms with van der Waals surface area (Å²) in [6, 6.07) is 18.9. The average molecular weight is 628 g/mol. The van der Waals surface area contributed by atoms with Gasteiger partial charge in [-0.15, -0.1) is 0 Å².